The molecule has 0 radical (unpaired) electrons. The average molecular weight is 315 g/mol. The highest BCUT2D eigenvalue weighted by Gasteiger charge is 2.24. The number of carbonyl (C=O) groups is 1. The number of methoxy groups -OCH3 is 2. The highest BCUT2D eigenvalue weighted by atomic mass is 16.5. The predicted octanol–water partition coefficient (Wildman–Crippen LogP) is 3.33. The molecule has 2 aromatic carbocycles. The molecule has 0 amide bonds. The van der Waals surface area contributed by atoms with Crippen LogP contribution in [0.4, 0.5) is 5.69 Å². The third kappa shape index (κ3) is 3.74. The minimum Gasteiger partial charge on any atom is -0.497 e. The summed E-state index contributed by atoms with van der Waals surface area (Å²) >= 11 is 0. The number of carbonyl (C=O) groups excluding carboxylic acids is 1. The number of anilines is 1. The van der Waals surface area contributed by atoms with E-state index >= 15 is 0 Å². The number of nitrogens with two attached hydrogens (primary N) is 1. The molecule has 0 aliphatic heterocycles. The number of para-hydroxylation sites is 2. The van der Waals surface area contributed by atoms with Gasteiger partial charge in [0.1, 0.15) is 17.2 Å². The summed E-state index contributed by atoms with van der Waals surface area (Å²) in [7, 11) is 3.08. The maximum absolute atomic E-state index is 12.8. The molecule has 5 nitrogen and oxygen atoms in total. The summed E-state index contributed by atoms with van der Waals surface area (Å²) in [6.45, 7) is 1.89. The number of hydrogen-bond acceptors (Lipinski definition) is 5. The fourth-order valence-electron chi connectivity index (χ4n) is 2.24. The first kappa shape index (κ1) is 16.7. The lowest BCUT2D eigenvalue weighted by Crippen LogP contribution is -2.27. The van der Waals surface area contributed by atoms with Crippen LogP contribution in [-0.2, 0) is 0 Å². The summed E-state index contributed by atoms with van der Waals surface area (Å²) in [6.07, 6.45) is -0.121. The highest BCUT2D eigenvalue weighted by molar-refractivity contribution is 6.02. The van der Waals surface area contributed by atoms with E-state index in [1.807, 2.05) is 19.1 Å². The van der Waals surface area contributed by atoms with Crippen molar-refractivity contribution in [2.75, 3.05) is 20.0 Å². The van der Waals surface area contributed by atoms with Gasteiger partial charge in [-0.1, -0.05) is 19.1 Å². The molecule has 0 saturated carbocycles. The highest BCUT2D eigenvalue weighted by Crippen LogP contribution is 2.28. The summed E-state index contributed by atoms with van der Waals surface area (Å²) in [5.74, 6) is 1.42. The third-order valence-electron chi connectivity index (χ3n) is 3.53. The zero-order valence-electron chi connectivity index (χ0n) is 13.5. The van der Waals surface area contributed by atoms with Crippen molar-refractivity contribution in [3.8, 4) is 17.2 Å². The van der Waals surface area contributed by atoms with Gasteiger partial charge in [-0.05, 0) is 30.7 Å². The molecule has 2 aromatic rings. The Hall–Kier alpha value is -2.69. The van der Waals surface area contributed by atoms with Gasteiger partial charge in [0.05, 0.1) is 25.5 Å². The van der Waals surface area contributed by atoms with Gasteiger partial charge in [-0.3, -0.25) is 4.79 Å². The van der Waals surface area contributed by atoms with Crippen molar-refractivity contribution in [3.05, 3.63) is 48.0 Å². The van der Waals surface area contributed by atoms with Gasteiger partial charge >= 0.3 is 0 Å². The van der Waals surface area contributed by atoms with Crippen LogP contribution in [0.15, 0.2) is 42.5 Å². The lowest BCUT2D eigenvalue weighted by atomic mass is 10.0. The topological polar surface area (TPSA) is 70.8 Å². The Morgan fingerprint density at radius 2 is 1.83 bits per heavy atom. The quantitative estimate of drug-likeness (QED) is 0.627. The van der Waals surface area contributed by atoms with Crippen LogP contribution >= 0.6 is 0 Å². The van der Waals surface area contributed by atoms with Gasteiger partial charge in [0.25, 0.3) is 0 Å². The van der Waals surface area contributed by atoms with Crippen LogP contribution < -0.4 is 19.9 Å². The second kappa shape index (κ2) is 7.54. The summed E-state index contributed by atoms with van der Waals surface area (Å²) < 4.78 is 16.3. The van der Waals surface area contributed by atoms with E-state index in [4.69, 9.17) is 19.9 Å². The molecule has 5 heteroatoms. The van der Waals surface area contributed by atoms with Gasteiger partial charge in [0.15, 0.2) is 6.10 Å². The zero-order valence-corrected chi connectivity index (χ0v) is 13.5. The minimum atomic E-state index is -0.637. The molecule has 0 spiro atoms. The Morgan fingerprint density at radius 1 is 1.09 bits per heavy atom. The number of hydrogen-bond donors (Lipinski definition) is 1. The second-order valence-electron chi connectivity index (χ2n) is 4.98. The van der Waals surface area contributed by atoms with Crippen LogP contribution in [0.2, 0.25) is 0 Å². The first-order valence-electron chi connectivity index (χ1n) is 7.38. The summed E-state index contributed by atoms with van der Waals surface area (Å²) in [4.78, 5) is 12.8. The van der Waals surface area contributed by atoms with Crippen molar-refractivity contribution in [2.24, 2.45) is 0 Å². The van der Waals surface area contributed by atoms with Gasteiger partial charge in [-0.15, -0.1) is 0 Å². The smallest absolute Gasteiger partial charge is 0.206 e. The molecule has 0 aliphatic carbocycles. The van der Waals surface area contributed by atoms with Crippen LogP contribution in [0.5, 0.6) is 17.2 Å². The lowest BCUT2D eigenvalue weighted by molar-refractivity contribution is 0.0785. The van der Waals surface area contributed by atoms with E-state index in [1.165, 1.54) is 7.11 Å². The summed E-state index contributed by atoms with van der Waals surface area (Å²) in [5, 5.41) is 0. The number of nitrogen functional groups attached to an aromatic ring is 1. The molecule has 0 heterocycles. The maximum Gasteiger partial charge on any atom is 0.206 e. The molecular formula is C18H21NO4. The monoisotopic (exact) mass is 315 g/mol. The SMILES string of the molecule is CCC(Oc1ccccc1N)C(=O)c1ccc(OC)cc1OC. The minimum absolute atomic E-state index is 0.157. The molecule has 2 N–H and O–H groups in total. The first-order chi connectivity index (χ1) is 11.1. The Morgan fingerprint density at radius 3 is 2.43 bits per heavy atom. The standard InChI is InChI=1S/C18H21NO4/c1-4-15(23-16-8-6-5-7-14(16)19)18(20)13-10-9-12(21-2)11-17(13)22-3/h5-11,15H,4,19H2,1-3H3. The maximum atomic E-state index is 12.8. The largest absolute Gasteiger partial charge is 0.497 e. The summed E-state index contributed by atoms with van der Waals surface area (Å²) in [5.41, 5.74) is 6.83. The van der Waals surface area contributed by atoms with Crippen molar-refractivity contribution in [1.82, 2.24) is 0 Å². The van der Waals surface area contributed by atoms with Crippen molar-refractivity contribution >= 4 is 11.5 Å². The molecule has 1 unspecified atom stereocenters. The Bertz CT molecular complexity index is 684. The number of ketones is 1. The molecule has 0 saturated heterocycles. The van der Waals surface area contributed by atoms with Crippen molar-refractivity contribution in [2.45, 2.75) is 19.4 Å². The fourth-order valence-corrected chi connectivity index (χ4v) is 2.24. The van der Waals surface area contributed by atoms with E-state index < -0.39 is 6.10 Å². The van der Waals surface area contributed by atoms with Gasteiger partial charge in [0, 0.05) is 6.07 Å². The molecule has 23 heavy (non-hydrogen) atoms. The molecule has 2 rings (SSSR count). The van der Waals surface area contributed by atoms with Crippen LogP contribution in [-0.4, -0.2) is 26.1 Å². The van der Waals surface area contributed by atoms with Crippen molar-refractivity contribution in [3.63, 3.8) is 0 Å². The third-order valence-corrected chi connectivity index (χ3v) is 3.53. The first-order valence-corrected chi connectivity index (χ1v) is 7.38. The van der Waals surface area contributed by atoms with Gasteiger partial charge in [0.2, 0.25) is 5.78 Å². The Labute approximate surface area is 136 Å². The zero-order chi connectivity index (χ0) is 16.8. The second-order valence-corrected chi connectivity index (χ2v) is 4.98. The lowest BCUT2D eigenvalue weighted by Gasteiger charge is -2.19. The Kier molecular flexibility index (Phi) is 5.46. The van der Waals surface area contributed by atoms with E-state index in [0.717, 1.165) is 0 Å². The number of rotatable bonds is 7. The predicted molar refractivity (Wildman–Crippen MR) is 89.4 cm³/mol. The van der Waals surface area contributed by atoms with Crippen molar-refractivity contribution in [1.29, 1.82) is 0 Å². The van der Waals surface area contributed by atoms with Crippen LogP contribution in [0.3, 0.4) is 0 Å². The molecule has 0 aromatic heterocycles. The summed E-state index contributed by atoms with van der Waals surface area (Å²) in [6, 6.07) is 12.2. The van der Waals surface area contributed by atoms with Gasteiger partial charge in [-0.2, -0.15) is 0 Å². The van der Waals surface area contributed by atoms with Crippen LogP contribution in [0.25, 0.3) is 0 Å². The van der Waals surface area contributed by atoms with Crippen LogP contribution in [0.1, 0.15) is 23.7 Å². The van der Waals surface area contributed by atoms with E-state index in [1.54, 1.807) is 37.4 Å². The molecule has 122 valence electrons. The molecule has 0 aliphatic rings. The number of benzene rings is 2. The van der Waals surface area contributed by atoms with Gasteiger partial charge in [-0.25, -0.2) is 0 Å². The van der Waals surface area contributed by atoms with E-state index in [0.29, 0.717) is 34.9 Å². The number of Topliss-reactive ketones (excluding diaryl/α,β-unsaturated/α-hetero) is 1. The fraction of sp³-hybridized carbons (Fsp3) is 0.278. The molecule has 1 atom stereocenters. The molecular weight excluding hydrogens is 294 g/mol. The normalized spacial score (nSPS) is 11.6. The van der Waals surface area contributed by atoms with Crippen molar-refractivity contribution < 1.29 is 19.0 Å². The average Bonchev–Trinajstić information content (AvgIpc) is 2.59. The van der Waals surface area contributed by atoms with Crippen LogP contribution in [0, 0.1) is 0 Å². The Balaban J connectivity index is 2.28. The molecule has 0 fully saturated rings. The van der Waals surface area contributed by atoms with E-state index in [9.17, 15) is 4.79 Å². The van der Waals surface area contributed by atoms with E-state index in [2.05, 4.69) is 0 Å². The number of ether oxygens (including phenoxy) is 3. The van der Waals surface area contributed by atoms with E-state index in [-0.39, 0.29) is 5.78 Å². The molecule has 0 bridgehead atoms. The van der Waals surface area contributed by atoms with Gasteiger partial charge < -0.3 is 19.9 Å².